The lowest BCUT2D eigenvalue weighted by Crippen LogP contribution is -2.21. The molecule has 2 N–H and O–H groups in total. The molecule has 2 aromatic rings. The molecule has 0 radical (unpaired) electrons. The summed E-state index contributed by atoms with van der Waals surface area (Å²) in [7, 11) is 1.60. The maximum absolute atomic E-state index is 12.5. The molecule has 0 saturated heterocycles. The number of nitrogens with one attached hydrogen (secondary N) is 2. The van der Waals surface area contributed by atoms with Crippen LogP contribution in [-0.2, 0) is 4.79 Å². The van der Waals surface area contributed by atoms with Crippen molar-refractivity contribution < 1.29 is 9.59 Å². The number of amides is 2. The molecular weight excluding hydrogens is 308 g/mol. The number of aryl methyl sites for hydroxylation is 1. The van der Waals surface area contributed by atoms with Crippen LogP contribution in [0.1, 0.15) is 38.0 Å². The molecule has 0 bridgehead atoms. The summed E-state index contributed by atoms with van der Waals surface area (Å²) in [5, 5.41) is 5.60. The molecule has 0 spiro atoms. The average Bonchev–Trinajstić information content (AvgIpc) is 3.23. The van der Waals surface area contributed by atoms with Crippen molar-refractivity contribution in [1.82, 2.24) is 5.32 Å². The van der Waals surface area contributed by atoms with Crippen LogP contribution < -0.4 is 10.6 Å². The van der Waals surface area contributed by atoms with Gasteiger partial charge in [0.15, 0.2) is 0 Å². The van der Waals surface area contributed by atoms with E-state index in [1.54, 1.807) is 30.5 Å². The van der Waals surface area contributed by atoms with Crippen LogP contribution in [0.5, 0.6) is 0 Å². The van der Waals surface area contributed by atoms with Gasteiger partial charge in [-0.05, 0) is 50.1 Å². The molecule has 1 aromatic heterocycles. The zero-order valence-corrected chi connectivity index (χ0v) is 14.3. The van der Waals surface area contributed by atoms with E-state index in [1.165, 1.54) is 9.75 Å². The summed E-state index contributed by atoms with van der Waals surface area (Å²) in [6, 6.07) is 9.62. The van der Waals surface area contributed by atoms with Gasteiger partial charge in [0, 0.05) is 39.9 Å². The Balaban J connectivity index is 1.71. The molecule has 120 valence electrons. The molecule has 2 atom stereocenters. The van der Waals surface area contributed by atoms with E-state index >= 15 is 0 Å². The Hall–Kier alpha value is -2.14. The first kappa shape index (κ1) is 15.7. The number of rotatable bonds is 4. The van der Waals surface area contributed by atoms with Gasteiger partial charge < -0.3 is 10.6 Å². The summed E-state index contributed by atoms with van der Waals surface area (Å²) in [6.07, 6.45) is 0.903. The monoisotopic (exact) mass is 328 g/mol. The van der Waals surface area contributed by atoms with Crippen LogP contribution in [0.2, 0.25) is 0 Å². The molecule has 1 fully saturated rings. The molecule has 23 heavy (non-hydrogen) atoms. The Labute approximate surface area is 139 Å². The van der Waals surface area contributed by atoms with Gasteiger partial charge in [-0.1, -0.05) is 6.07 Å². The minimum absolute atomic E-state index is 0.0381. The van der Waals surface area contributed by atoms with Crippen LogP contribution >= 0.6 is 11.3 Å². The molecule has 0 unspecified atom stereocenters. The molecule has 3 rings (SSSR count). The largest absolute Gasteiger partial charge is 0.355 e. The first-order chi connectivity index (χ1) is 11.0. The fourth-order valence-electron chi connectivity index (χ4n) is 2.83. The maximum atomic E-state index is 12.5. The molecule has 1 aliphatic rings. The van der Waals surface area contributed by atoms with Crippen LogP contribution in [0.3, 0.4) is 0 Å². The van der Waals surface area contributed by atoms with Crippen LogP contribution in [0.15, 0.2) is 30.3 Å². The molecule has 1 aromatic carbocycles. The van der Waals surface area contributed by atoms with Gasteiger partial charge in [0.1, 0.15) is 0 Å². The minimum Gasteiger partial charge on any atom is -0.355 e. The van der Waals surface area contributed by atoms with Crippen molar-refractivity contribution in [1.29, 1.82) is 0 Å². The predicted molar refractivity (Wildman–Crippen MR) is 93.1 cm³/mol. The third kappa shape index (κ3) is 3.15. The van der Waals surface area contributed by atoms with E-state index in [-0.39, 0.29) is 17.7 Å². The molecular formula is C18H20N2O2S. The van der Waals surface area contributed by atoms with Gasteiger partial charge in [0.25, 0.3) is 5.91 Å². The SMILES string of the molecule is CNC(=O)c1cccc(NC(=O)[C@H]2C[C@H]2c2ccc(C)s2)c1C. The number of carbonyl (C=O) groups excluding carboxylic acids is 2. The highest BCUT2D eigenvalue weighted by molar-refractivity contribution is 7.12. The zero-order valence-electron chi connectivity index (χ0n) is 13.5. The fraction of sp³-hybridized carbons (Fsp3) is 0.333. The normalized spacial score (nSPS) is 19.3. The van der Waals surface area contributed by atoms with Crippen LogP contribution in [0, 0.1) is 19.8 Å². The Bertz CT molecular complexity index is 766. The molecule has 1 heterocycles. The highest BCUT2D eigenvalue weighted by Gasteiger charge is 2.44. The van der Waals surface area contributed by atoms with Gasteiger partial charge in [0.2, 0.25) is 5.91 Å². The van der Waals surface area contributed by atoms with Crippen LogP contribution in [0.25, 0.3) is 0 Å². The lowest BCUT2D eigenvalue weighted by Gasteiger charge is -2.11. The standard InChI is InChI=1S/C18H20N2O2S/c1-10-7-8-16(23-10)13-9-14(13)18(22)20-15-6-4-5-12(11(15)2)17(21)19-3/h4-8,13-14H,9H2,1-3H3,(H,19,21)(H,20,22)/t13-,14+/m1/s1. The van der Waals surface area contributed by atoms with Gasteiger partial charge in [0.05, 0.1) is 0 Å². The van der Waals surface area contributed by atoms with Gasteiger partial charge in [-0.15, -0.1) is 11.3 Å². The first-order valence-electron chi connectivity index (χ1n) is 7.70. The molecule has 2 amide bonds. The fourth-order valence-corrected chi connectivity index (χ4v) is 3.88. The van der Waals surface area contributed by atoms with E-state index in [9.17, 15) is 9.59 Å². The van der Waals surface area contributed by atoms with Gasteiger partial charge in [-0.3, -0.25) is 9.59 Å². The summed E-state index contributed by atoms with van der Waals surface area (Å²) in [6.45, 7) is 3.94. The summed E-state index contributed by atoms with van der Waals surface area (Å²) < 4.78 is 0. The second kappa shape index (κ2) is 6.16. The minimum atomic E-state index is -0.142. The molecule has 1 saturated carbocycles. The third-order valence-electron chi connectivity index (χ3n) is 4.32. The van der Waals surface area contributed by atoms with Gasteiger partial charge in [-0.2, -0.15) is 0 Å². The van der Waals surface area contributed by atoms with Crippen LogP contribution in [-0.4, -0.2) is 18.9 Å². The van der Waals surface area contributed by atoms with Crippen molar-refractivity contribution >= 4 is 28.8 Å². The first-order valence-corrected chi connectivity index (χ1v) is 8.51. The summed E-state index contributed by atoms with van der Waals surface area (Å²) >= 11 is 1.77. The van der Waals surface area contributed by atoms with Crippen molar-refractivity contribution in [2.24, 2.45) is 5.92 Å². The second-order valence-corrected chi connectivity index (χ2v) is 7.26. The van der Waals surface area contributed by atoms with E-state index in [4.69, 9.17) is 0 Å². The highest BCUT2D eigenvalue weighted by Crippen LogP contribution is 2.50. The van der Waals surface area contributed by atoms with Crippen molar-refractivity contribution in [3.8, 4) is 0 Å². The number of hydrogen-bond acceptors (Lipinski definition) is 3. The molecule has 5 heteroatoms. The van der Waals surface area contributed by atoms with Crippen molar-refractivity contribution in [2.45, 2.75) is 26.2 Å². The number of thiophene rings is 1. The number of carbonyl (C=O) groups is 2. The predicted octanol–water partition coefficient (Wildman–Crippen LogP) is 3.47. The molecule has 4 nitrogen and oxygen atoms in total. The van der Waals surface area contributed by atoms with Gasteiger partial charge >= 0.3 is 0 Å². The maximum Gasteiger partial charge on any atom is 0.251 e. The Kier molecular flexibility index (Phi) is 4.22. The lowest BCUT2D eigenvalue weighted by atomic mass is 10.1. The second-order valence-electron chi connectivity index (χ2n) is 5.94. The molecule has 1 aliphatic carbocycles. The van der Waals surface area contributed by atoms with E-state index in [0.717, 1.165) is 12.0 Å². The zero-order chi connectivity index (χ0) is 16.6. The van der Waals surface area contributed by atoms with Crippen molar-refractivity contribution in [2.75, 3.05) is 12.4 Å². The average molecular weight is 328 g/mol. The van der Waals surface area contributed by atoms with Crippen LogP contribution in [0.4, 0.5) is 5.69 Å². The van der Waals surface area contributed by atoms with Crippen molar-refractivity contribution in [3.63, 3.8) is 0 Å². The van der Waals surface area contributed by atoms with Crippen molar-refractivity contribution in [3.05, 3.63) is 51.2 Å². The highest BCUT2D eigenvalue weighted by atomic mass is 32.1. The Morgan fingerprint density at radius 3 is 2.61 bits per heavy atom. The van der Waals surface area contributed by atoms with E-state index in [2.05, 4.69) is 29.7 Å². The smallest absolute Gasteiger partial charge is 0.251 e. The van der Waals surface area contributed by atoms with E-state index in [1.807, 2.05) is 13.0 Å². The quantitative estimate of drug-likeness (QED) is 0.903. The van der Waals surface area contributed by atoms with Gasteiger partial charge in [-0.25, -0.2) is 0 Å². The number of benzene rings is 1. The summed E-state index contributed by atoms with van der Waals surface area (Å²) in [4.78, 5) is 26.9. The topological polar surface area (TPSA) is 58.2 Å². The van der Waals surface area contributed by atoms with E-state index < -0.39 is 0 Å². The molecule has 0 aliphatic heterocycles. The Morgan fingerprint density at radius 2 is 1.96 bits per heavy atom. The van der Waals surface area contributed by atoms with E-state index in [0.29, 0.717) is 17.2 Å². The summed E-state index contributed by atoms with van der Waals surface area (Å²) in [5.74, 6) is 0.280. The Morgan fingerprint density at radius 1 is 1.17 bits per heavy atom. The lowest BCUT2D eigenvalue weighted by molar-refractivity contribution is -0.117. The number of anilines is 1. The number of hydrogen-bond donors (Lipinski definition) is 2. The third-order valence-corrected chi connectivity index (χ3v) is 5.45. The summed E-state index contributed by atoms with van der Waals surface area (Å²) in [5.41, 5.74) is 2.10.